The summed E-state index contributed by atoms with van der Waals surface area (Å²) < 4.78 is 0. The predicted molar refractivity (Wildman–Crippen MR) is 86.1 cm³/mol. The minimum absolute atomic E-state index is 0.789. The number of nitrogens with zero attached hydrogens (tertiary/aromatic N) is 3. The van der Waals surface area contributed by atoms with E-state index in [0.717, 1.165) is 31.4 Å². The van der Waals surface area contributed by atoms with Crippen LogP contribution < -0.4 is 5.32 Å². The first kappa shape index (κ1) is 14.9. The van der Waals surface area contributed by atoms with Gasteiger partial charge in [0.1, 0.15) is 0 Å². The van der Waals surface area contributed by atoms with Crippen LogP contribution in [0.5, 0.6) is 0 Å². The van der Waals surface area contributed by atoms with Crippen LogP contribution in [0, 0.1) is 0 Å². The molecule has 2 saturated heterocycles. The topological polar surface area (TPSA) is 31.4 Å². The first-order valence-corrected chi connectivity index (χ1v) is 8.47. The van der Waals surface area contributed by atoms with Gasteiger partial charge in [-0.3, -0.25) is 14.8 Å². The Labute approximate surface area is 128 Å². The molecule has 2 fully saturated rings. The molecule has 0 aromatic carbocycles. The van der Waals surface area contributed by atoms with Gasteiger partial charge in [-0.2, -0.15) is 0 Å². The number of piperidine rings is 1. The Hall–Kier alpha value is -0.970. The Morgan fingerprint density at radius 1 is 1.19 bits per heavy atom. The maximum Gasteiger partial charge on any atom is 0.0547 e. The molecule has 1 N–H and O–H groups in total. The van der Waals surface area contributed by atoms with E-state index in [1.54, 1.807) is 0 Å². The lowest BCUT2D eigenvalue weighted by atomic mass is 9.99. The second-order valence-corrected chi connectivity index (χ2v) is 6.32. The van der Waals surface area contributed by atoms with E-state index in [2.05, 4.69) is 40.2 Å². The Bertz CT molecular complexity index is 448. The molecule has 1 aromatic heterocycles. The molecule has 0 saturated carbocycles. The maximum absolute atomic E-state index is 4.79. The Morgan fingerprint density at radius 3 is 3.00 bits per heavy atom. The van der Waals surface area contributed by atoms with E-state index >= 15 is 0 Å². The third-order valence-corrected chi connectivity index (χ3v) is 4.73. The van der Waals surface area contributed by atoms with Gasteiger partial charge < -0.3 is 5.32 Å². The highest BCUT2D eigenvalue weighted by molar-refractivity contribution is 5.11. The van der Waals surface area contributed by atoms with E-state index < -0.39 is 0 Å². The molecule has 1 unspecified atom stereocenters. The van der Waals surface area contributed by atoms with Crippen molar-refractivity contribution in [1.29, 1.82) is 0 Å². The van der Waals surface area contributed by atoms with Gasteiger partial charge in [-0.15, -0.1) is 0 Å². The lowest BCUT2D eigenvalue weighted by Crippen LogP contribution is -2.54. The van der Waals surface area contributed by atoms with Crippen molar-refractivity contribution >= 4 is 0 Å². The highest BCUT2D eigenvalue weighted by atomic mass is 15.3. The monoisotopic (exact) mass is 288 g/mol. The van der Waals surface area contributed by atoms with Gasteiger partial charge in [0.2, 0.25) is 0 Å². The number of nitrogens with one attached hydrogen (secondary N) is 1. The molecule has 4 nitrogen and oxygen atoms in total. The van der Waals surface area contributed by atoms with Crippen LogP contribution in [0.2, 0.25) is 0 Å². The number of piperazine rings is 1. The van der Waals surface area contributed by atoms with Gasteiger partial charge in [0, 0.05) is 38.8 Å². The summed E-state index contributed by atoms with van der Waals surface area (Å²) in [7, 11) is 0. The van der Waals surface area contributed by atoms with Crippen LogP contribution in [0.3, 0.4) is 0 Å². The minimum atomic E-state index is 0.789. The van der Waals surface area contributed by atoms with Crippen LogP contribution in [0.25, 0.3) is 0 Å². The van der Waals surface area contributed by atoms with Crippen LogP contribution in [0.1, 0.15) is 37.6 Å². The number of pyridine rings is 1. The SMILES string of the molecule is CCNCc1cccc(CN2CCN3CCCCC3C2)n1. The molecule has 0 spiro atoms. The molecule has 4 heteroatoms. The Morgan fingerprint density at radius 2 is 2.10 bits per heavy atom. The summed E-state index contributed by atoms with van der Waals surface area (Å²) in [5.74, 6) is 0. The normalized spacial score (nSPS) is 24.0. The van der Waals surface area contributed by atoms with E-state index in [4.69, 9.17) is 4.98 Å². The zero-order valence-corrected chi connectivity index (χ0v) is 13.2. The van der Waals surface area contributed by atoms with Crippen molar-refractivity contribution in [2.24, 2.45) is 0 Å². The van der Waals surface area contributed by atoms with Gasteiger partial charge in [0.05, 0.1) is 11.4 Å². The smallest absolute Gasteiger partial charge is 0.0547 e. The van der Waals surface area contributed by atoms with Crippen molar-refractivity contribution in [1.82, 2.24) is 20.1 Å². The van der Waals surface area contributed by atoms with E-state index in [9.17, 15) is 0 Å². The Balaban J connectivity index is 1.56. The molecule has 0 aliphatic carbocycles. The molecule has 0 bridgehead atoms. The zero-order valence-electron chi connectivity index (χ0n) is 13.2. The fourth-order valence-corrected chi connectivity index (χ4v) is 3.56. The van der Waals surface area contributed by atoms with Crippen LogP contribution in [0.15, 0.2) is 18.2 Å². The number of rotatable bonds is 5. The lowest BCUT2D eigenvalue weighted by Gasteiger charge is -2.44. The van der Waals surface area contributed by atoms with E-state index in [1.165, 1.54) is 51.1 Å². The average Bonchev–Trinajstić information content (AvgIpc) is 2.53. The maximum atomic E-state index is 4.79. The number of aromatic nitrogens is 1. The molecule has 0 amide bonds. The molecule has 1 aromatic rings. The second kappa shape index (κ2) is 7.34. The van der Waals surface area contributed by atoms with Crippen molar-refractivity contribution in [3.05, 3.63) is 29.6 Å². The standard InChI is InChI=1S/C17H28N4/c1-2-18-12-15-6-5-7-16(19-15)13-20-10-11-21-9-4-3-8-17(21)14-20/h5-7,17-18H,2-4,8-14H2,1H3. The summed E-state index contributed by atoms with van der Waals surface area (Å²) >= 11 is 0. The van der Waals surface area contributed by atoms with Crippen molar-refractivity contribution < 1.29 is 0 Å². The quantitative estimate of drug-likeness (QED) is 0.896. The molecular formula is C17H28N4. The number of hydrogen-bond donors (Lipinski definition) is 1. The third kappa shape index (κ3) is 4.02. The fraction of sp³-hybridized carbons (Fsp3) is 0.706. The molecular weight excluding hydrogens is 260 g/mol. The first-order valence-electron chi connectivity index (χ1n) is 8.47. The van der Waals surface area contributed by atoms with Crippen molar-refractivity contribution in [3.63, 3.8) is 0 Å². The average molecular weight is 288 g/mol. The van der Waals surface area contributed by atoms with Crippen LogP contribution in [0.4, 0.5) is 0 Å². The molecule has 2 aliphatic heterocycles. The molecule has 3 heterocycles. The summed E-state index contributed by atoms with van der Waals surface area (Å²) in [5.41, 5.74) is 2.38. The minimum Gasteiger partial charge on any atom is -0.311 e. The van der Waals surface area contributed by atoms with Gasteiger partial charge in [-0.25, -0.2) is 0 Å². The van der Waals surface area contributed by atoms with E-state index in [0.29, 0.717) is 0 Å². The molecule has 116 valence electrons. The molecule has 0 radical (unpaired) electrons. The summed E-state index contributed by atoms with van der Waals surface area (Å²) in [6.45, 7) is 9.97. The summed E-state index contributed by atoms with van der Waals surface area (Å²) in [5, 5.41) is 3.35. The van der Waals surface area contributed by atoms with E-state index in [1.807, 2.05) is 0 Å². The van der Waals surface area contributed by atoms with Crippen molar-refractivity contribution in [2.45, 2.75) is 45.3 Å². The molecule has 2 aliphatic rings. The van der Waals surface area contributed by atoms with E-state index in [-0.39, 0.29) is 0 Å². The van der Waals surface area contributed by atoms with Gasteiger partial charge in [0.15, 0.2) is 0 Å². The van der Waals surface area contributed by atoms with Gasteiger partial charge in [0.25, 0.3) is 0 Å². The molecule has 1 atom stereocenters. The number of fused-ring (bicyclic) bond motifs is 1. The Kier molecular flexibility index (Phi) is 5.22. The van der Waals surface area contributed by atoms with Crippen molar-refractivity contribution in [2.75, 3.05) is 32.7 Å². The second-order valence-electron chi connectivity index (χ2n) is 6.32. The van der Waals surface area contributed by atoms with Crippen molar-refractivity contribution in [3.8, 4) is 0 Å². The van der Waals surface area contributed by atoms with Crippen LogP contribution in [-0.4, -0.2) is 53.5 Å². The summed E-state index contributed by atoms with van der Waals surface area (Å²) in [6.07, 6.45) is 4.18. The third-order valence-electron chi connectivity index (χ3n) is 4.73. The lowest BCUT2D eigenvalue weighted by molar-refractivity contribution is 0.0451. The zero-order chi connectivity index (χ0) is 14.5. The van der Waals surface area contributed by atoms with Gasteiger partial charge in [-0.05, 0) is 38.1 Å². The molecule has 3 rings (SSSR count). The number of hydrogen-bond acceptors (Lipinski definition) is 4. The highest BCUT2D eigenvalue weighted by Gasteiger charge is 2.28. The largest absolute Gasteiger partial charge is 0.311 e. The van der Waals surface area contributed by atoms with Gasteiger partial charge >= 0.3 is 0 Å². The highest BCUT2D eigenvalue weighted by Crippen LogP contribution is 2.21. The first-order chi connectivity index (χ1) is 10.3. The summed E-state index contributed by atoms with van der Waals surface area (Å²) in [4.78, 5) is 10.1. The summed E-state index contributed by atoms with van der Waals surface area (Å²) in [6, 6.07) is 7.22. The van der Waals surface area contributed by atoms with Crippen LogP contribution >= 0.6 is 0 Å². The predicted octanol–water partition coefficient (Wildman–Crippen LogP) is 1.86. The van der Waals surface area contributed by atoms with Crippen LogP contribution in [-0.2, 0) is 13.1 Å². The fourth-order valence-electron chi connectivity index (χ4n) is 3.56. The van der Waals surface area contributed by atoms with Gasteiger partial charge in [-0.1, -0.05) is 19.4 Å². The molecule has 21 heavy (non-hydrogen) atoms.